The zero-order valence-electron chi connectivity index (χ0n) is 57.0. The minimum atomic E-state index is -0.461. The number of carbonyl (C=O) groups excluding carboxylic acids is 2. The number of benzene rings is 4. The van der Waals surface area contributed by atoms with Gasteiger partial charge in [0.2, 0.25) is 0 Å². The molecule has 4 saturated heterocycles. The Hall–Kier alpha value is -6.66. The van der Waals surface area contributed by atoms with Gasteiger partial charge in [-0.1, -0.05) is 121 Å². The molecule has 0 aromatic heterocycles. The topological polar surface area (TPSA) is 179 Å². The van der Waals surface area contributed by atoms with Crippen LogP contribution < -0.4 is 5.32 Å². The number of nitrogens with one attached hydrogen (secondary N) is 1. The number of nitriles is 4. The number of hydrogen-bond donors (Lipinski definition) is 1. The second-order valence-electron chi connectivity index (χ2n) is 27.6. The Morgan fingerprint density at radius 2 is 0.758 bits per heavy atom. The molecule has 0 saturated carbocycles. The third-order valence-electron chi connectivity index (χ3n) is 19.0. The van der Waals surface area contributed by atoms with Crippen molar-refractivity contribution in [2.45, 2.75) is 142 Å². The number of carbonyl (C=O) groups is 2. The van der Waals surface area contributed by atoms with Crippen LogP contribution >= 0.6 is 0 Å². The Morgan fingerprint density at radius 1 is 0.462 bits per heavy atom. The van der Waals surface area contributed by atoms with E-state index in [-0.39, 0.29) is 33.7 Å². The van der Waals surface area contributed by atoms with Gasteiger partial charge in [-0.15, -0.1) is 0 Å². The van der Waals surface area contributed by atoms with Gasteiger partial charge in [0.15, 0.2) is 0 Å². The molecular formula is C76H111N11O4. The fourth-order valence-corrected chi connectivity index (χ4v) is 12.5. The van der Waals surface area contributed by atoms with Crippen LogP contribution in [0.25, 0.3) is 0 Å². The van der Waals surface area contributed by atoms with Crippen LogP contribution in [-0.2, 0) is 40.0 Å². The largest absolute Gasteiger partial charge is 0.468 e. The molecule has 15 nitrogen and oxygen atoms in total. The highest BCUT2D eigenvalue weighted by Gasteiger charge is 2.38. The monoisotopic (exact) mass is 1240 g/mol. The van der Waals surface area contributed by atoms with E-state index in [1.807, 2.05) is 51.1 Å². The van der Waals surface area contributed by atoms with Gasteiger partial charge in [0.25, 0.3) is 0 Å². The van der Waals surface area contributed by atoms with E-state index < -0.39 is 5.60 Å². The number of nitrogens with zero attached hydrogens (tertiary/aromatic N) is 10. The number of likely N-dealkylation sites (tertiary alicyclic amines) is 4. The number of rotatable bonds is 25. The molecule has 4 aliphatic rings. The Morgan fingerprint density at radius 3 is 1.04 bits per heavy atom. The number of piperidine rings is 4. The highest BCUT2D eigenvalue weighted by molar-refractivity contribution is 5.71. The van der Waals surface area contributed by atoms with Gasteiger partial charge in [-0.3, -0.25) is 9.69 Å². The second kappa shape index (κ2) is 39.7. The summed E-state index contributed by atoms with van der Waals surface area (Å²) in [6, 6.07) is 52.2. The molecule has 15 heteroatoms. The van der Waals surface area contributed by atoms with E-state index >= 15 is 0 Å². The van der Waals surface area contributed by atoms with Gasteiger partial charge in [0, 0.05) is 32.7 Å². The summed E-state index contributed by atoms with van der Waals surface area (Å²) in [6.45, 7) is 19.8. The lowest BCUT2D eigenvalue weighted by atomic mass is 9.75. The molecule has 1 N–H and O–H groups in total. The van der Waals surface area contributed by atoms with Crippen LogP contribution in [-0.4, -0.2) is 181 Å². The summed E-state index contributed by atoms with van der Waals surface area (Å²) in [6.07, 6.45) is 17.1. The summed E-state index contributed by atoms with van der Waals surface area (Å²) in [7, 11) is 9.89. The van der Waals surface area contributed by atoms with Crippen LogP contribution in [0.5, 0.6) is 0 Å². The molecule has 4 aromatic rings. The number of hydrogen-bond acceptors (Lipinski definition) is 14. The predicted octanol–water partition coefficient (Wildman–Crippen LogP) is 12.5. The SMILES string of the molecule is CC(C)(C)OC(=O)NCCCN1CCC(C#N)(CCc2ccccc2)CC1.CN(C)CCCN1CCC(C#N)(CCc2ccccc2)CC1.CN(C)CCN1CCC(C#N)(CCc2ccccc2)CC1.COC(=O)CN1CCC(C#N)(CCc2ccccc2)CC1. The number of ether oxygens (including phenoxy) is 2. The molecule has 4 fully saturated rings. The molecule has 0 atom stereocenters. The number of alkyl carbamates (subject to hydrolysis) is 1. The molecule has 4 heterocycles. The first-order valence-corrected chi connectivity index (χ1v) is 33.8. The summed E-state index contributed by atoms with van der Waals surface area (Å²) in [5, 5.41) is 41.4. The maximum absolute atomic E-state index is 11.6. The van der Waals surface area contributed by atoms with Crippen LogP contribution in [0.15, 0.2) is 121 Å². The average Bonchev–Trinajstić information content (AvgIpc) is 2.71. The lowest BCUT2D eigenvalue weighted by Crippen LogP contribution is -2.42. The van der Waals surface area contributed by atoms with Gasteiger partial charge in [-0.2, -0.15) is 21.0 Å². The molecule has 0 unspecified atom stereocenters. The van der Waals surface area contributed by atoms with Crippen molar-refractivity contribution in [1.29, 1.82) is 21.0 Å². The molecule has 494 valence electrons. The van der Waals surface area contributed by atoms with Crippen LogP contribution in [0.1, 0.15) is 133 Å². The minimum absolute atomic E-state index is 0.103. The number of likely N-dealkylation sites (N-methyl/N-ethyl adjacent to an activating group) is 1. The molecule has 1 amide bonds. The fraction of sp³-hybridized carbons (Fsp3) is 0.605. The summed E-state index contributed by atoms with van der Waals surface area (Å²) in [5.41, 5.74) is 4.18. The Bertz CT molecular complexity index is 2820. The van der Waals surface area contributed by atoms with E-state index in [0.717, 1.165) is 188 Å². The Kier molecular flexibility index (Phi) is 32.7. The first kappa shape index (κ1) is 75.1. The molecule has 0 bridgehead atoms. The molecule has 4 aliphatic heterocycles. The number of amides is 1. The highest BCUT2D eigenvalue weighted by atomic mass is 16.6. The van der Waals surface area contributed by atoms with Crippen molar-refractivity contribution in [1.82, 2.24) is 34.7 Å². The number of methoxy groups -OCH3 is 1. The van der Waals surface area contributed by atoms with Crippen LogP contribution in [0.4, 0.5) is 4.79 Å². The maximum Gasteiger partial charge on any atom is 0.407 e. The first-order chi connectivity index (χ1) is 43.8. The lowest BCUT2D eigenvalue weighted by molar-refractivity contribution is -0.142. The fourth-order valence-electron chi connectivity index (χ4n) is 12.5. The molecule has 91 heavy (non-hydrogen) atoms. The molecule has 0 aliphatic carbocycles. The molecule has 8 rings (SSSR count). The van der Waals surface area contributed by atoms with E-state index in [4.69, 9.17) is 9.47 Å². The van der Waals surface area contributed by atoms with Crippen molar-refractivity contribution in [2.24, 2.45) is 21.7 Å². The van der Waals surface area contributed by atoms with Crippen molar-refractivity contribution in [3.8, 4) is 24.3 Å². The molecule has 4 aromatic carbocycles. The standard InChI is InChI=1S/C22H33N3O2.C19H29N3.C18H27N3.C17H22N2O2/c1-21(2,3)27-20(26)24-14-7-15-25-16-12-22(18-23,13-17-25)11-10-19-8-5-4-6-9-19;1-21(2)13-6-14-22-15-11-19(17-20,12-16-22)10-9-18-7-4-3-5-8-18;1-20(2)14-15-21-12-10-18(16-19,11-13-21)9-8-17-6-4-3-5-7-17;1-21-16(20)13-19-11-9-17(14-18,10-12-19)8-7-15-5-3-2-4-6-15/h4-6,8-9H,7,10-17H2,1-3H3,(H,24,26);3-5,7-8H,6,9-16H2,1-2H3;3-7H,8-15H2,1-2H3;2-6H,7-13H2,1H3. The van der Waals surface area contributed by atoms with Crippen molar-refractivity contribution in [3.05, 3.63) is 144 Å². The van der Waals surface area contributed by atoms with Crippen LogP contribution in [0.2, 0.25) is 0 Å². The average molecular weight is 1240 g/mol. The van der Waals surface area contributed by atoms with Gasteiger partial charge in [-0.25, -0.2) is 4.79 Å². The Balaban J connectivity index is 0.000000222. The van der Waals surface area contributed by atoms with Crippen molar-refractivity contribution >= 4 is 12.1 Å². The van der Waals surface area contributed by atoms with E-state index in [2.05, 4.69) is 178 Å². The van der Waals surface area contributed by atoms with Crippen LogP contribution in [0, 0.1) is 67.0 Å². The molecule has 0 radical (unpaired) electrons. The maximum atomic E-state index is 11.6. The zero-order valence-corrected chi connectivity index (χ0v) is 57.0. The second-order valence-corrected chi connectivity index (χ2v) is 27.6. The first-order valence-electron chi connectivity index (χ1n) is 33.8. The third-order valence-corrected chi connectivity index (χ3v) is 19.0. The summed E-state index contributed by atoms with van der Waals surface area (Å²) < 4.78 is 9.93. The number of esters is 1. The van der Waals surface area contributed by atoms with E-state index in [1.165, 1.54) is 42.3 Å². The van der Waals surface area contributed by atoms with E-state index in [9.17, 15) is 30.6 Å². The zero-order chi connectivity index (χ0) is 65.9. The summed E-state index contributed by atoms with van der Waals surface area (Å²) in [5.74, 6) is -0.205. The van der Waals surface area contributed by atoms with Gasteiger partial charge < -0.3 is 39.3 Å². The normalized spacial score (nSPS) is 17.9. The summed E-state index contributed by atoms with van der Waals surface area (Å²) >= 11 is 0. The minimum Gasteiger partial charge on any atom is -0.468 e. The quantitative estimate of drug-likeness (QED) is 0.0489. The van der Waals surface area contributed by atoms with Crippen molar-refractivity contribution in [3.63, 3.8) is 0 Å². The van der Waals surface area contributed by atoms with Gasteiger partial charge >= 0.3 is 12.1 Å². The lowest BCUT2D eigenvalue weighted by Gasteiger charge is -2.37. The van der Waals surface area contributed by atoms with Crippen molar-refractivity contribution in [2.75, 3.05) is 133 Å². The predicted molar refractivity (Wildman–Crippen MR) is 367 cm³/mol. The van der Waals surface area contributed by atoms with E-state index in [1.54, 1.807) is 0 Å². The van der Waals surface area contributed by atoms with Gasteiger partial charge in [-0.05, 0) is 246 Å². The van der Waals surface area contributed by atoms with Crippen molar-refractivity contribution < 1.29 is 19.1 Å². The highest BCUT2D eigenvalue weighted by Crippen LogP contribution is 2.39. The smallest absolute Gasteiger partial charge is 0.407 e. The molecular weight excluding hydrogens is 1130 g/mol. The molecule has 0 spiro atoms. The summed E-state index contributed by atoms with van der Waals surface area (Å²) in [4.78, 5) is 36.9. The van der Waals surface area contributed by atoms with Gasteiger partial charge in [0.1, 0.15) is 5.60 Å². The third kappa shape index (κ3) is 28.8. The van der Waals surface area contributed by atoms with E-state index in [0.29, 0.717) is 13.1 Å². The van der Waals surface area contributed by atoms with Crippen LogP contribution in [0.3, 0.4) is 0 Å². The Labute approximate surface area is 549 Å². The van der Waals surface area contributed by atoms with Gasteiger partial charge in [0.05, 0.1) is 59.6 Å². The number of aryl methyl sites for hydroxylation is 4.